The normalized spacial score (nSPS) is 25.0. The first kappa shape index (κ1) is 15.7. The molecule has 3 N–H and O–H groups in total. The fourth-order valence-corrected chi connectivity index (χ4v) is 1.96. The molecule has 0 aromatic carbocycles. The quantitative estimate of drug-likeness (QED) is 0.804. The van der Waals surface area contributed by atoms with Gasteiger partial charge in [-0.25, -0.2) is 0 Å². The van der Waals surface area contributed by atoms with Gasteiger partial charge >= 0.3 is 0 Å². The number of nitrogens with two attached hydrogens (primary N) is 1. The van der Waals surface area contributed by atoms with Crippen molar-refractivity contribution >= 4 is 18.3 Å². The summed E-state index contributed by atoms with van der Waals surface area (Å²) in [6.45, 7) is 7.34. The van der Waals surface area contributed by atoms with E-state index in [2.05, 4.69) is 26.1 Å². The van der Waals surface area contributed by atoms with E-state index in [9.17, 15) is 4.79 Å². The van der Waals surface area contributed by atoms with Crippen LogP contribution in [-0.4, -0.2) is 18.5 Å². The zero-order chi connectivity index (χ0) is 11.5. The van der Waals surface area contributed by atoms with Gasteiger partial charge in [0.1, 0.15) is 0 Å². The molecule has 1 amide bonds. The van der Waals surface area contributed by atoms with Crippen molar-refractivity contribution in [3.63, 3.8) is 0 Å². The summed E-state index contributed by atoms with van der Waals surface area (Å²) in [5.41, 5.74) is 6.07. The molecule has 2 unspecified atom stereocenters. The van der Waals surface area contributed by atoms with Crippen molar-refractivity contribution < 1.29 is 4.79 Å². The van der Waals surface area contributed by atoms with Crippen LogP contribution in [0.1, 0.15) is 46.5 Å². The van der Waals surface area contributed by atoms with Crippen molar-refractivity contribution in [2.24, 2.45) is 17.1 Å². The predicted molar refractivity (Wildman–Crippen MR) is 69.6 cm³/mol. The lowest BCUT2D eigenvalue weighted by Gasteiger charge is -2.19. The van der Waals surface area contributed by atoms with E-state index in [0.29, 0.717) is 5.41 Å². The van der Waals surface area contributed by atoms with Crippen LogP contribution < -0.4 is 11.1 Å². The Morgan fingerprint density at radius 2 is 2.00 bits per heavy atom. The van der Waals surface area contributed by atoms with Gasteiger partial charge in [0.2, 0.25) is 5.91 Å². The third-order valence-electron chi connectivity index (χ3n) is 3.02. The summed E-state index contributed by atoms with van der Waals surface area (Å²) < 4.78 is 0. The van der Waals surface area contributed by atoms with Crippen molar-refractivity contribution in [2.45, 2.75) is 52.5 Å². The second kappa shape index (κ2) is 6.45. The molecule has 1 fully saturated rings. The van der Waals surface area contributed by atoms with E-state index in [4.69, 9.17) is 5.73 Å². The Hall–Kier alpha value is -0.280. The molecule has 96 valence electrons. The number of hydrogen-bond acceptors (Lipinski definition) is 2. The molecule has 0 aliphatic heterocycles. The van der Waals surface area contributed by atoms with Crippen LogP contribution in [0.25, 0.3) is 0 Å². The molecular weight excluding hydrogens is 224 g/mol. The standard InChI is InChI=1S/C12H24N2O.ClH/c1-12(2,3)6-7-14-11(15)9-4-5-10(13)8-9;/h9-10H,4-8,13H2,1-3H3,(H,14,15);1H. The van der Waals surface area contributed by atoms with Crippen LogP contribution in [0, 0.1) is 11.3 Å². The molecule has 1 rings (SSSR count). The first-order chi connectivity index (χ1) is 6.88. The first-order valence-corrected chi connectivity index (χ1v) is 5.92. The molecule has 0 aromatic rings. The lowest BCUT2D eigenvalue weighted by atomic mass is 9.92. The number of amides is 1. The van der Waals surface area contributed by atoms with E-state index in [-0.39, 0.29) is 30.3 Å². The highest BCUT2D eigenvalue weighted by Crippen LogP contribution is 2.24. The summed E-state index contributed by atoms with van der Waals surface area (Å²) in [7, 11) is 0. The van der Waals surface area contributed by atoms with E-state index in [1.807, 2.05) is 0 Å². The van der Waals surface area contributed by atoms with E-state index < -0.39 is 0 Å². The maximum absolute atomic E-state index is 11.7. The van der Waals surface area contributed by atoms with Gasteiger partial charge in [0.05, 0.1) is 0 Å². The molecule has 1 aliphatic carbocycles. The highest BCUT2D eigenvalue weighted by molar-refractivity contribution is 5.85. The van der Waals surface area contributed by atoms with Gasteiger partial charge in [-0.05, 0) is 31.1 Å². The largest absolute Gasteiger partial charge is 0.356 e. The maximum atomic E-state index is 11.7. The smallest absolute Gasteiger partial charge is 0.223 e. The second-order valence-electron chi connectivity index (χ2n) is 5.87. The van der Waals surface area contributed by atoms with Gasteiger partial charge in [-0.15, -0.1) is 12.4 Å². The Morgan fingerprint density at radius 3 is 2.44 bits per heavy atom. The summed E-state index contributed by atoms with van der Waals surface area (Å²) in [4.78, 5) is 11.7. The minimum atomic E-state index is 0. The topological polar surface area (TPSA) is 55.1 Å². The molecule has 3 nitrogen and oxygen atoms in total. The molecule has 16 heavy (non-hydrogen) atoms. The van der Waals surface area contributed by atoms with Crippen LogP contribution in [0.15, 0.2) is 0 Å². The zero-order valence-electron chi connectivity index (χ0n) is 10.6. The van der Waals surface area contributed by atoms with Crippen LogP contribution >= 0.6 is 12.4 Å². The van der Waals surface area contributed by atoms with Crippen LogP contribution in [-0.2, 0) is 4.79 Å². The summed E-state index contributed by atoms with van der Waals surface area (Å²) in [5, 5.41) is 3.01. The lowest BCUT2D eigenvalue weighted by Crippen LogP contribution is -2.32. The average Bonchev–Trinajstić information content (AvgIpc) is 2.49. The molecule has 1 aliphatic rings. The van der Waals surface area contributed by atoms with Gasteiger partial charge < -0.3 is 11.1 Å². The average molecular weight is 249 g/mol. The molecule has 0 bridgehead atoms. The van der Waals surface area contributed by atoms with Crippen molar-refractivity contribution in [2.75, 3.05) is 6.54 Å². The minimum Gasteiger partial charge on any atom is -0.356 e. The number of nitrogens with one attached hydrogen (secondary N) is 1. The van der Waals surface area contributed by atoms with Crippen LogP contribution in [0.3, 0.4) is 0 Å². The second-order valence-corrected chi connectivity index (χ2v) is 5.87. The summed E-state index contributed by atoms with van der Waals surface area (Å²) in [5.74, 6) is 0.368. The predicted octanol–water partition coefficient (Wildman–Crippen LogP) is 2.09. The highest BCUT2D eigenvalue weighted by atomic mass is 35.5. The fraction of sp³-hybridized carbons (Fsp3) is 0.917. The Morgan fingerprint density at radius 1 is 1.38 bits per heavy atom. The molecule has 0 saturated heterocycles. The monoisotopic (exact) mass is 248 g/mol. The van der Waals surface area contributed by atoms with Crippen LogP contribution in [0.4, 0.5) is 0 Å². The molecule has 1 saturated carbocycles. The number of hydrogen-bond donors (Lipinski definition) is 2. The van der Waals surface area contributed by atoms with Gasteiger partial charge in [-0.2, -0.15) is 0 Å². The van der Waals surface area contributed by atoms with Crippen LogP contribution in [0.2, 0.25) is 0 Å². The molecule has 2 atom stereocenters. The summed E-state index contributed by atoms with van der Waals surface area (Å²) in [6.07, 6.45) is 3.85. The van der Waals surface area contributed by atoms with Gasteiger partial charge in [0, 0.05) is 18.5 Å². The fourth-order valence-electron chi connectivity index (χ4n) is 1.96. The lowest BCUT2D eigenvalue weighted by molar-refractivity contribution is -0.124. The Kier molecular flexibility index (Phi) is 6.34. The number of halogens is 1. The van der Waals surface area contributed by atoms with E-state index in [1.54, 1.807) is 0 Å². The Balaban J connectivity index is 0.00000225. The van der Waals surface area contributed by atoms with Crippen molar-refractivity contribution in [3.8, 4) is 0 Å². The molecular formula is C12H25ClN2O. The van der Waals surface area contributed by atoms with Crippen molar-refractivity contribution in [1.82, 2.24) is 5.32 Å². The molecule has 4 heteroatoms. The van der Waals surface area contributed by atoms with E-state index in [0.717, 1.165) is 32.2 Å². The molecule has 0 spiro atoms. The summed E-state index contributed by atoms with van der Waals surface area (Å²) >= 11 is 0. The number of rotatable bonds is 3. The van der Waals surface area contributed by atoms with Gasteiger partial charge in [-0.3, -0.25) is 4.79 Å². The maximum Gasteiger partial charge on any atom is 0.223 e. The van der Waals surface area contributed by atoms with Crippen molar-refractivity contribution in [3.05, 3.63) is 0 Å². The Labute approximate surface area is 105 Å². The minimum absolute atomic E-state index is 0. The van der Waals surface area contributed by atoms with E-state index >= 15 is 0 Å². The highest BCUT2D eigenvalue weighted by Gasteiger charge is 2.27. The SMILES string of the molecule is CC(C)(C)CCNC(=O)C1CCC(N)C1.Cl. The summed E-state index contributed by atoms with van der Waals surface area (Å²) in [6, 6.07) is 0.239. The van der Waals surface area contributed by atoms with Gasteiger partial charge in [-0.1, -0.05) is 20.8 Å². The number of carbonyl (C=O) groups is 1. The van der Waals surface area contributed by atoms with E-state index in [1.165, 1.54) is 0 Å². The van der Waals surface area contributed by atoms with Crippen molar-refractivity contribution in [1.29, 1.82) is 0 Å². The number of carbonyl (C=O) groups excluding carboxylic acids is 1. The molecule has 0 radical (unpaired) electrons. The van der Waals surface area contributed by atoms with Gasteiger partial charge in [0.25, 0.3) is 0 Å². The third-order valence-corrected chi connectivity index (χ3v) is 3.02. The Bertz CT molecular complexity index is 226. The molecule has 0 aromatic heterocycles. The van der Waals surface area contributed by atoms with Crippen LogP contribution in [0.5, 0.6) is 0 Å². The third kappa shape index (κ3) is 5.71. The molecule has 0 heterocycles. The zero-order valence-corrected chi connectivity index (χ0v) is 11.4. The van der Waals surface area contributed by atoms with Gasteiger partial charge in [0.15, 0.2) is 0 Å². The first-order valence-electron chi connectivity index (χ1n) is 5.92.